The highest BCUT2D eigenvalue weighted by Gasteiger charge is 2.18. The zero-order chi connectivity index (χ0) is 17.7. The average molecular weight is 354 g/mol. The highest BCUT2D eigenvalue weighted by atomic mass is 32.2. The highest BCUT2D eigenvalue weighted by Crippen LogP contribution is 2.16. The van der Waals surface area contributed by atoms with Gasteiger partial charge in [0, 0.05) is 32.4 Å². The molecule has 0 radical (unpaired) electrons. The van der Waals surface area contributed by atoms with Crippen LogP contribution in [0.1, 0.15) is 12.0 Å². The van der Waals surface area contributed by atoms with Crippen LogP contribution in [0, 0.1) is 11.6 Å². The third kappa shape index (κ3) is 4.75. The predicted octanol–water partition coefficient (Wildman–Crippen LogP) is 2.94. The van der Waals surface area contributed by atoms with Crippen LogP contribution in [0.3, 0.4) is 0 Å². The lowest BCUT2D eigenvalue weighted by atomic mass is 10.1. The number of hydrogen-bond acceptors (Lipinski definition) is 3. The van der Waals surface area contributed by atoms with Crippen LogP contribution in [0.4, 0.5) is 14.5 Å². The minimum atomic E-state index is -3.98. The maximum Gasteiger partial charge on any atom is 0.243 e. The molecule has 2 aromatic carbocycles. The molecule has 0 aliphatic carbocycles. The predicted molar refractivity (Wildman–Crippen MR) is 90.6 cm³/mol. The van der Waals surface area contributed by atoms with Crippen LogP contribution in [0.25, 0.3) is 0 Å². The molecule has 4 nitrogen and oxygen atoms in total. The first-order valence-electron chi connectivity index (χ1n) is 7.50. The van der Waals surface area contributed by atoms with E-state index in [1.54, 1.807) is 0 Å². The molecule has 2 rings (SSSR count). The number of rotatable bonds is 7. The molecule has 2 aromatic rings. The summed E-state index contributed by atoms with van der Waals surface area (Å²) < 4.78 is 52.8. The molecule has 1 N–H and O–H groups in total. The van der Waals surface area contributed by atoms with Crippen molar-refractivity contribution in [3.05, 3.63) is 59.7 Å². The lowest BCUT2D eigenvalue weighted by Crippen LogP contribution is -2.26. The van der Waals surface area contributed by atoms with E-state index in [-0.39, 0.29) is 6.54 Å². The van der Waals surface area contributed by atoms with Gasteiger partial charge in [0.15, 0.2) is 0 Å². The van der Waals surface area contributed by atoms with E-state index >= 15 is 0 Å². The summed E-state index contributed by atoms with van der Waals surface area (Å²) in [6.45, 7) is 0.175. The van der Waals surface area contributed by atoms with Gasteiger partial charge in [-0.3, -0.25) is 0 Å². The second-order valence-corrected chi connectivity index (χ2v) is 7.37. The van der Waals surface area contributed by atoms with E-state index in [1.165, 1.54) is 0 Å². The molecule has 0 unspecified atom stereocenters. The van der Waals surface area contributed by atoms with Crippen molar-refractivity contribution in [3.63, 3.8) is 0 Å². The maximum absolute atomic E-state index is 13.6. The lowest BCUT2D eigenvalue weighted by molar-refractivity contribution is 0.542. The van der Waals surface area contributed by atoms with Crippen molar-refractivity contribution >= 4 is 15.7 Å². The average Bonchev–Trinajstić information content (AvgIpc) is 2.51. The fourth-order valence-corrected chi connectivity index (χ4v) is 3.36. The molecule has 0 saturated carbocycles. The number of anilines is 1. The summed E-state index contributed by atoms with van der Waals surface area (Å²) in [6.07, 6.45) is 1.27. The number of halogens is 2. The molecule has 0 fully saturated rings. The molecule has 24 heavy (non-hydrogen) atoms. The normalized spacial score (nSPS) is 11.5. The molecule has 0 aromatic heterocycles. The molecule has 0 aliphatic rings. The second-order valence-electron chi connectivity index (χ2n) is 5.64. The molecule has 0 amide bonds. The molecule has 7 heteroatoms. The van der Waals surface area contributed by atoms with Gasteiger partial charge in [0.2, 0.25) is 10.0 Å². The molecule has 0 bridgehead atoms. The number of sulfonamides is 1. The SMILES string of the molecule is CN(C)c1ccc(CCCNS(=O)(=O)c2ccc(F)cc2F)cc1. The fourth-order valence-electron chi connectivity index (χ4n) is 2.23. The van der Waals surface area contributed by atoms with Crippen molar-refractivity contribution in [3.8, 4) is 0 Å². The van der Waals surface area contributed by atoms with E-state index in [2.05, 4.69) is 4.72 Å². The Hall–Kier alpha value is -1.99. The quantitative estimate of drug-likeness (QED) is 0.778. The Bertz CT molecular complexity index is 791. The van der Waals surface area contributed by atoms with Gasteiger partial charge in [0.1, 0.15) is 16.5 Å². The van der Waals surface area contributed by atoms with Crippen LogP contribution < -0.4 is 9.62 Å². The zero-order valence-electron chi connectivity index (χ0n) is 13.6. The van der Waals surface area contributed by atoms with E-state index in [9.17, 15) is 17.2 Å². The van der Waals surface area contributed by atoms with E-state index in [1.807, 2.05) is 43.3 Å². The van der Waals surface area contributed by atoms with Crippen LogP contribution in [0.15, 0.2) is 47.4 Å². The van der Waals surface area contributed by atoms with Gasteiger partial charge in [-0.05, 0) is 42.7 Å². The van der Waals surface area contributed by atoms with Crippen molar-refractivity contribution in [1.82, 2.24) is 4.72 Å². The number of nitrogens with one attached hydrogen (secondary N) is 1. The van der Waals surface area contributed by atoms with Crippen molar-refractivity contribution in [1.29, 1.82) is 0 Å². The molecule has 0 spiro atoms. The van der Waals surface area contributed by atoms with E-state index in [0.717, 1.165) is 23.4 Å². The molecular formula is C17H20F2N2O2S. The lowest BCUT2D eigenvalue weighted by Gasteiger charge is -2.12. The van der Waals surface area contributed by atoms with Crippen molar-refractivity contribution in [2.45, 2.75) is 17.7 Å². The second kappa shape index (κ2) is 7.72. The van der Waals surface area contributed by atoms with Crippen molar-refractivity contribution < 1.29 is 17.2 Å². The first-order valence-corrected chi connectivity index (χ1v) is 8.99. The summed E-state index contributed by atoms with van der Waals surface area (Å²) in [6, 6.07) is 10.4. The molecule has 0 saturated heterocycles. The Kier molecular flexibility index (Phi) is 5.90. The Morgan fingerprint density at radius 3 is 2.29 bits per heavy atom. The van der Waals surface area contributed by atoms with Crippen LogP contribution in [0.5, 0.6) is 0 Å². The largest absolute Gasteiger partial charge is 0.378 e. The molecule has 0 aliphatic heterocycles. The van der Waals surface area contributed by atoms with E-state index in [0.29, 0.717) is 18.9 Å². The van der Waals surface area contributed by atoms with E-state index < -0.39 is 26.6 Å². The van der Waals surface area contributed by atoms with Gasteiger partial charge in [0.05, 0.1) is 0 Å². The van der Waals surface area contributed by atoms with Crippen LogP contribution in [-0.4, -0.2) is 29.1 Å². The number of benzene rings is 2. The van der Waals surface area contributed by atoms with Crippen LogP contribution in [0.2, 0.25) is 0 Å². The van der Waals surface area contributed by atoms with Crippen molar-refractivity contribution in [2.75, 3.05) is 25.5 Å². The number of hydrogen-bond donors (Lipinski definition) is 1. The van der Waals surface area contributed by atoms with Crippen LogP contribution >= 0.6 is 0 Å². The summed E-state index contributed by atoms with van der Waals surface area (Å²) in [4.78, 5) is 1.45. The van der Waals surface area contributed by atoms with Crippen LogP contribution in [-0.2, 0) is 16.4 Å². The third-order valence-corrected chi connectivity index (χ3v) is 5.06. The summed E-state index contributed by atoms with van der Waals surface area (Å²) in [5, 5.41) is 0. The van der Waals surface area contributed by atoms with Gasteiger partial charge in [-0.2, -0.15) is 0 Å². The Morgan fingerprint density at radius 1 is 1.04 bits per heavy atom. The molecule has 0 heterocycles. The van der Waals surface area contributed by atoms with Gasteiger partial charge in [-0.1, -0.05) is 12.1 Å². The van der Waals surface area contributed by atoms with Gasteiger partial charge in [0.25, 0.3) is 0 Å². The highest BCUT2D eigenvalue weighted by molar-refractivity contribution is 7.89. The Balaban J connectivity index is 1.89. The van der Waals surface area contributed by atoms with Gasteiger partial charge < -0.3 is 4.90 Å². The Morgan fingerprint density at radius 2 is 1.71 bits per heavy atom. The summed E-state index contributed by atoms with van der Waals surface area (Å²) in [5.41, 5.74) is 2.18. The maximum atomic E-state index is 13.6. The first-order chi connectivity index (χ1) is 11.3. The topological polar surface area (TPSA) is 49.4 Å². The fraction of sp³-hybridized carbons (Fsp3) is 0.294. The third-order valence-electron chi connectivity index (χ3n) is 3.57. The summed E-state index contributed by atoms with van der Waals surface area (Å²) in [7, 11) is -0.0650. The standard InChI is InChI=1S/C17H20F2N2O2S/c1-21(2)15-8-5-13(6-9-15)4-3-11-20-24(22,23)17-10-7-14(18)12-16(17)19/h5-10,12,20H,3-4,11H2,1-2H3. The molecule has 130 valence electrons. The monoisotopic (exact) mass is 354 g/mol. The summed E-state index contributed by atoms with van der Waals surface area (Å²) >= 11 is 0. The number of aryl methyl sites for hydroxylation is 1. The van der Waals surface area contributed by atoms with Gasteiger partial charge in [-0.15, -0.1) is 0 Å². The van der Waals surface area contributed by atoms with Crippen molar-refractivity contribution in [2.24, 2.45) is 0 Å². The molecule has 0 atom stereocenters. The van der Waals surface area contributed by atoms with Gasteiger partial charge in [-0.25, -0.2) is 21.9 Å². The minimum Gasteiger partial charge on any atom is -0.378 e. The van der Waals surface area contributed by atoms with E-state index in [4.69, 9.17) is 0 Å². The van der Waals surface area contributed by atoms with Gasteiger partial charge >= 0.3 is 0 Å². The first kappa shape index (κ1) is 18.4. The minimum absolute atomic E-state index is 0.175. The smallest absolute Gasteiger partial charge is 0.243 e. The zero-order valence-corrected chi connectivity index (χ0v) is 14.4. The summed E-state index contributed by atoms with van der Waals surface area (Å²) in [5.74, 6) is -1.91. The Labute approximate surface area is 141 Å². The molecular weight excluding hydrogens is 334 g/mol. The number of nitrogens with zero attached hydrogens (tertiary/aromatic N) is 1.